The molecule has 0 amide bonds. The highest BCUT2D eigenvalue weighted by molar-refractivity contribution is 6.45. The third kappa shape index (κ3) is 1.26. The van der Waals surface area contributed by atoms with E-state index < -0.39 is 11.8 Å². The second kappa shape index (κ2) is 3.32. The normalized spacial score (nSPS) is 13.9. The third-order valence-corrected chi connectivity index (χ3v) is 3.15. The zero-order valence-corrected chi connectivity index (χ0v) is 9.90. The molecule has 1 aliphatic heterocycles. The SMILES string of the molecule is Cc1cc2c3c(c(O)cc(C)c3c1)OC(=O)C2=O. The lowest BCUT2D eigenvalue weighted by molar-refractivity contribution is -0.129. The molecule has 0 saturated carbocycles. The van der Waals surface area contributed by atoms with Gasteiger partial charge in [0.1, 0.15) is 0 Å². The van der Waals surface area contributed by atoms with Crippen LogP contribution in [-0.2, 0) is 4.79 Å². The molecule has 3 rings (SSSR count). The molecule has 4 nitrogen and oxygen atoms in total. The summed E-state index contributed by atoms with van der Waals surface area (Å²) in [4.78, 5) is 23.3. The maximum Gasteiger partial charge on any atom is 0.385 e. The summed E-state index contributed by atoms with van der Waals surface area (Å²) < 4.78 is 4.90. The Morgan fingerprint density at radius 2 is 1.83 bits per heavy atom. The molecule has 0 spiro atoms. The fourth-order valence-corrected chi connectivity index (χ4v) is 2.35. The van der Waals surface area contributed by atoms with Crippen LogP contribution in [0.2, 0.25) is 0 Å². The minimum atomic E-state index is -0.950. The van der Waals surface area contributed by atoms with Crippen molar-refractivity contribution < 1.29 is 19.4 Å². The average molecular weight is 242 g/mol. The van der Waals surface area contributed by atoms with E-state index in [0.29, 0.717) is 10.9 Å². The van der Waals surface area contributed by atoms with Crippen molar-refractivity contribution in [2.45, 2.75) is 13.8 Å². The molecule has 0 radical (unpaired) electrons. The number of Topliss-reactive ketones (excluding diaryl/α,β-unsaturated/α-hetero) is 1. The first-order valence-corrected chi connectivity index (χ1v) is 5.52. The summed E-state index contributed by atoms with van der Waals surface area (Å²) in [5.74, 6) is -1.66. The Morgan fingerprint density at radius 3 is 2.56 bits per heavy atom. The van der Waals surface area contributed by atoms with Crippen molar-refractivity contribution in [3.8, 4) is 11.5 Å². The van der Waals surface area contributed by atoms with Gasteiger partial charge in [-0.2, -0.15) is 0 Å². The first-order valence-electron chi connectivity index (χ1n) is 5.52. The molecule has 1 N–H and O–H groups in total. The van der Waals surface area contributed by atoms with Gasteiger partial charge in [0.05, 0.1) is 0 Å². The minimum Gasteiger partial charge on any atom is -0.504 e. The van der Waals surface area contributed by atoms with Crippen molar-refractivity contribution in [1.29, 1.82) is 0 Å². The zero-order chi connectivity index (χ0) is 13.0. The molecule has 1 aliphatic rings. The molecule has 18 heavy (non-hydrogen) atoms. The summed E-state index contributed by atoms with van der Waals surface area (Å²) in [7, 11) is 0. The molecular weight excluding hydrogens is 232 g/mol. The van der Waals surface area contributed by atoms with E-state index in [-0.39, 0.29) is 11.5 Å². The largest absolute Gasteiger partial charge is 0.504 e. The molecule has 0 aromatic heterocycles. The quantitative estimate of drug-likeness (QED) is 0.437. The zero-order valence-electron chi connectivity index (χ0n) is 9.90. The molecule has 2 aromatic rings. The van der Waals surface area contributed by atoms with Crippen molar-refractivity contribution in [2.24, 2.45) is 0 Å². The number of hydrogen-bond acceptors (Lipinski definition) is 4. The molecule has 4 heteroatoms. The van der Waals surface area contributed by atoms with Gasteiger partial charge in [-0.05, 0) is 42.5 Å². The van der Waals surface area contributed by atoms with Crippen molar-refractivity contribution in [1.82, 2.24) is 0 Å². The van der Waals surface area contributed by atoms with Crippen LogP contribution in [0.15, 0.2) is 18.2 Å². The van der Waals surface area contributed by atoms with Gasteiger partial charge in [-0.15, -0.1) is 0 Å². The Labute approximate surface area is 103 Å². The number of ketones is 1. The van der Waals surface area contributed by atoms with Gasteiger partial charge in [0, 0.05) is 10.9 Å². The molecule has 0 bridgehead atoms. The van der Waals surface area contributed by atoms with Crippen molar-refractivity contribution in [2.75, 3.05) is 0 Å². The van der Waals surface area contributed by atoms with Crippen LogP contribution in [-0.4, -0.2) is 16.9 Å². The van der Waals surface area contributed by atoms with Gasteiger partial charge < -0.3 is 9.84 Å². The maximum atomic E-state index is 11.8. The third-order valence-electron chi connectivity index (χ3n) is 3.15. The second-order valence-corrected chi connectivity index (χ2v) is 4.50. The van der Waals surface area contributed by atoms with Crippen LogP contribution in [0, 0.1) is 13.8 Å². The summed E-state index contributed by atoms with van der Waals surface area (Å²) in [6.45, 7) is 3.69. The highest BCUT2D eigenvalue weighted by atomic mass is 16.5. The predicted octanol–water partition coefficient (Wildman–Crippen LogP) is 2.26. The average Bonchev–Trinajstić information content (AvgIpc) is 2.31. The van der Waals surface area contributed by atoms with Gasteiger partial charge in [0.25, 0.3) is 5.78 Å². The molecule has 0 fully saturated rings. The van der Waals surface area contributed by atoms with Gasteiger partial charge in [-0.1, -0.05) is 6.07 Å². The lowest BCUT2D eigenvalue weighted by Crippen LogP contribution is -2.25. The summed E-state index contributed by atoms with van der Waals surface area (Å²) in [6.07, 6.45) is 0. The first kappa shape index (κ1) is 10.8. The van der Waals surface area contributed by atoms with E-state index >= 15 is 0 Å². The lowest BCUT2D eigenvalue weighted by atomic mass is 9.93. The van der Waals surface area contributed by atoms with Crippen LogP contribution in [0.5, 0.6) is 11.5 Å². The van der Waals surface area contributed by atoms with E-state index in [0.717, 1.165) is 16.5 Å². The van der Waals surface area contributed by atoms with E-state index in [4.69, 9.17) is 4.74 Å². The number of phenols is 1. The van der Waals surface area contributed by atoms with Gasteiger partial charge in [-0.25, -0.2) is 4.79 Å². The molecule has 0 saturated heterocycles. The van der Waals surface area contributed by atoms with Crippen LogP contribution in [0.3, 0.4) is 0 Å². The number of phenolic OH excluding ortho intramolecular Hbond substituents is 1. The van der Waals surface area contributed by atoms with E-state index in [9.17, 15) is 14.7 Å². The number of rotatable bonds is 0. The number of hydrogen-bond donors (Lipinski definition) is 1. The highest BCUT2D eigenvalue weighted by Gasteiger charge is 2.31. The Bertz CT molecular complexity index is 728. The van der Waals surface area contributed by atoms with Crippen molar-refractivity contribution >= 4 is 22.5 Å². The van der Waals surface area contributed by atoms with Crippen LogP contribution >= 0.6 is 0 Å². The molecule has 0 unspecified atom stereocenters. The minimum absolute atomic E-state index is 0.0789. The van der Waals surface area contributed by atoms with Crippen LogP contribution in [0.25, 0.3) is 10.8 Å². The Hall–Kier alpha value is -2.36. The van der Waals surface area contributed by atoms with E-state index in [2.05, 4.69) is 0 Å². The monoisotopic (exact) mass is 242 g/mol. The maximum absolute atomic E-state index is 11.8. The van der Waals surface area contributed by atoms with Crippen molar-refractivity contribution in [3.63, 3.8) is 0 Å². The molecule has 90 valence electrons. The number of benzene rings is 2. The molecule has 1 heterocycles. The molecule has 2 aromatic carbocycles. The summed E-state index contributed by atoms with van der Waals surface area (Å²) >= 11 is 0. The van der Waals surface area contributed by atoms with Gasteiger partial charge in [-0.3, -0.25) is 4.79 Å². The van der Waals surface area contributed by atoms with Gasteiger partial charge >= 0.3 is 5.97 Å². The summed E-state index contributed by atoms with van der Waals surface area (Å²) in [5, 5.41) is 11.2. The number of aryl methyl sites for hydroxylation is 2. The fourth-order valence-electron chi connectivity index (χ4n) is 2.35. The first-order chi connectivity index (χ1) is 8.49. The summed E-state index contributed by atoms with van der Waals surface area (Å²) in [5.41, 5.74) is 2.03. The topological polar surface area (TPSA) is 63.6 Å². The van der Waals surface area contributed by atoms with Gasteiger partial charge in [0.2, 0.25) is 0 Å². The second-order valence-electron chi connectivity index (χ2n) is 4.50. The number of ether oxygens (including phenoxy) is 1. The number of carbonyl (C=O) groups is 2. The van der Waals surface area contributed by atoms with E-state index in [1.807, 2.05) is 19.9 Å². The standard InChI is InChI=1S/C14H10O4/c1-6-3-8-7(2)5-10(15)13-11(8)9(4-6)12(16)14(17)18-13/h3-5,15H,1-2H3. The van der Waals surface area contributed by atoms with Crippen molar-refractivity contribution in [3.05, 3.63) is 34.9 Å². The number of esters is 1. The smallest absolute Gasteiger partial charge is 0.385 e. The lowest BCUT2D eigenvalue weighted by Gasteiger charge is -2.18. The van der Waals surface area contributed by atoms with Crippen LogP contribution in [0.4, 0.5) is 0 Å². The number of aromatic hydroxyl groups is 1. The van der Waals surface area contributed by atoms with Crippen LogP contribution < -0.4 is 4.74 Å². The van der Waals surface area contributed by atoms with Crippen LogP contribution in [0.1, 0.15) is 21.5 Å². The fraction of sp³-hybridized carbons (Fsp3) is 0.143. The Kier molecular flexibility index (Phi) is 1.99. The van der Waals surface area contributed by atoms with E-state index in [1.54, 1.807) is 6.07 Å². The Balaban J connectivity index is 2.58. The Morgan fingerprint density at radius 1 is 1.11 bits per heavy atom. The predicted molar refractivity (Wildman–Crippen MR) is 65.1 cm³/mol. The van der Waals surface area contributed by atoms with Gasteiger partial charge in [0.15, 0.2) is 11.5 Å². The van der Waals surface area contributed by atoms with E-state index in [1.165, 1.54) is 6.07 Å². The molecular formula is C14H10O4. The summed E-state index contributed by atoms with van der Waals surface area (Å²) in [6, 6.07) is 5.08. The highest BCUT2D eigenvalue weighted by Crippen LogP contribution is 2.42. The molecule has 0 aliphatic carbocycles. The number of carbonyl (C=O) groups excluding carboxylic acids is 2. The molecule has 0 atom stereocenters.